The predicted octanol–water partition coefficient (Wildman–Crippen LogP) is 4.47. The zero-order valence-corrected chi connectivity index (χ0v) is 11.7. The van der Waals surface area contributed by atoms with Gasteiger partial charge in [-0.2, -0.15) is 0 Å². The highest BCUT2D eigenvalue weighted by Crippen LogP contribution is 2.30. The van der Waals surface area contributed by atoms with Crippen LogP contribution in [0.4, 0.5) is 22.0 Å². The van der Waals surface area contributed by atoms with Crippen molar-refractivity contribution in [1.29, 1.82) is 0 Å². The maximum atomic E-state index is 13.7. The molecular weight excluding hydrogens is 277 g/mol. The van der Waals surface area contributed by atoms with E-state index >= 15 is 0 Å². The van der Waals surface area contributed by atoms with Crippen LogP contribution < -0.4 is 5.32 Å². The summed E-state index contributed by atoms with van der Waals surface area (Å²) in [7, 11) is 1.43. The van der Waals surface area contributed by atoms with E-state index in [9.17, 15) is 22.0 Å². The molecule has 0 amide bonds. The molecule has 114 valence electrons. The van der Waals surface area contributed by atoms with Crippen LogP contribution in [-0.4, -0.2) is 7.05 Å². The molecule has 0 aliphatic heterocycles. The van der Waals surface area contributed by atoms with Crippen LogP contribution in [0.25, 0.3) is 0 Å². The molecule has 6 heteroatoms. The smallest absolute Gasteiger partial charge is 0.200 e. The van der Waals surface area contributed by atoms with Crippen LogP contribution in [0.1, 0.15) is 44.7 Å². The molecule has 1 aromatic carbocycles. The van der Waals surface area contributed by atoms with Crippen molar-refractivity contribution in [3.63, 3.8) is 0 Å². The predicted molar refractivity (Wildman–Crippen MR) is 66.7 cm³/mol. The van der Waals surface area contributed by atoms with Gasteiger partial charge in [-0.15, -0.1) is 0 Å². The van der Waals surface area contributed by atoms with E-state index < -0.39 is 40.7 Å². The minimum absolute atomic E-state index is 0.299. The number of hydrogen-bond acceptors (Lipinski definition) is 1. The second-order valence-electron chi connectivity index (χ2n) is 5.15. The summed E-state index contributed by atoms with van der Waals surface area (Å²) < 4.78 is 66.6. The maximum absolute atomic E-state index is 13.7. The zero-order valence-electron chi connectivity index (χ0n) is 11.7. The average molecular weight is 295 g/mol. The lowest BCUT2D eigenvalue weighted by atomic mass is 9.97. The van der Waals surface area contributed by atoms with Gasteiger partial charge >= 0.3 is 0 Å². The number of nitrogens with one attached hydrogen (secondary N) is 1. The first kappa shape index (κ1) is 16.9. The van der Waals surface area contributed by atoms with Gasteiger partial charge in [-0.1, -0.05) is 26.7 Å². The molecule has 1 unspecified atom stereocenters. The molecule has 0 radical (unpaired) electrons. The number of rotatable bonds is 6. The van der Waals surface area contributed by atoms with E-state index in [1.807, 2.05) is 13.8 Å². The van der Waals surface area contributed by atoms with Gasteiger partial charge in [0.25, 0.3) is 0 Å². The van der Waals surface area contributed by atoms with Crippen molar-refractivity contribution in [3.8, 4) is 0 Å². The first-order valence-electron chi connectivity index (χ1n) is 6.49. The fraction of sp³-hybridized carbons (Fsp3) is 0.571. The summed E-state index contributed by atoms with van der Waals surface area (Å²) in [6.07, 6.45) is 1.74. The van der Waals surface area contributed by atoms with Crippen molar-refractivity contribution in [3.05, 3.63) is 34.6 Å². The largest absolute Gasteiger partial charge is 0.313 e. The van der Waals surface area contributed by atoms with Gasteiger partial charge in [0.05, 0.1) is 0 Å². The van der Waals surface area contributed by atoms with Crippen LogP contribution in [0.5, 0.6) is 0 Å². The van der Waals surface area contributed by atoms with Gasteiger partial charge < -0.3 is 5.32 Å². The van der Waals surface area contributed by atoms with E-state index in [4.69, 9.17) is 0 Å². The van der Waals surface area contributed by atoms with Crippen molar-refractivity contribution < 1.29 is 22.0 Å². The maximum Gasteiger partial charge on any atom is 0.200 e. The second kappa shape index (κ2) is 7.02. The molecule has 0 aliphatic rings. The summed E-state index contributed by atoms with van der Waals surface area (Å²) in [5.74, 6) is -9.04. The van der Waals surface area contributed by atoms with E-state index in [1.165, 1.54) is 7.05 Å². The lowest BCUT2D eigenvalue weighted by Gasteiger charge is -2.19. The third-order valence-corrected chi connectivity index (χ3v) is 3.21. The molecule has 0 fully saturated rings. The monoisotopic (exact) mass is 295 g/mol. The van der Waals surface area contributed by atoms with Gasteiger partial charge in [-0.25, -0.2) is 22.0 Å². The third-order valence-electron chi connectivity index (χ3n) is 3.21. The van der Waals surface area contributed by atoms with Crippen molar-refractivity contribution in [2.75, 3.05) is 7.05 Å². The highest BCUT2D eigenvalue weighted by atomic mass is 19.2. The SMILES string of the molecule is CNC(CCCC(C)C)c1c(F)c(F)c(F)c(F)c1F. The molecule has 0 saturated heterocycles. The van der Waals surface area contributed by atoms with Gasteiger partial charge in [0.1, 0.15) is 0 Å². The molecule has 1 N–H and O–H groups in total. The van der Waals surface area contributed by atoms with Crippen LogP contribution in [0.2, 0.25) is 0 Å². The average Bonchev–Trinajstić information content (AvgIpc) is 2.41. The molecular formula is C14H18F5N. The Morgan fingerprint density at radius 3 is 1.65 bits per heavy atom. The lowest BCUT2D eigenvalue weighted by molar-refractivity contribution is 0.352. The van der Waals surface area contributed by atoms with E-state index in [0.29, 0.717) is 18.8 Å². The van der Waals surface area contributed by atoms with Gasteiger partial charge in [-0.3, -0.25) is 0 Å². The van der Waals surface area contributed by atoms with Gasteiger partial charge in [0.2, 0.25) is 5.82 Å². The minimum atomic E-state index is -2.12. The van der Waals surface area contributed by atoms with Crippen LogP contribution in [0.3, 0.4) is 0 Å². The van der Waals surface area contributed by atoms with Crippen LogP contribution in [-0.2, 0) is 0 Å². The Morgan fingerprint density at radius 2 is 1.25 bits per heavy atom. The van der Waals surface area contributed by atoms with E-state index in [0.717, 1.165) is 6.42 Å². The van der Waals surface area contributed by atoms with Gasteiger partial charge in [0.15, 0.2) is 23.3 Å². The van der Waals surface area contributed by atoms with E-state index in [2.05, 4.69) is 5.32 Å². The number of hydrogen-bond donors (Lipinski definition) is 1. The van der Waals surface area contributed by atoms with Crippen LogP contribution in [0, 0.1) is 35.0 Å². The summed E-state index contributed by atoms with van der Waals surface area (Å²) in [4.78, 5) is 0. The van der Waals surface area contributed by atoms with Crippen molar-refractivity contribution in [1.82, 2.24) is 5.32 Å². The fourth-order valence-corrected chi connectivity index (χ4v) is 2.09. The zero-order chi connectivity index (χ0) is 15.4. The molecule has 1 atom stereocenters. The standard InChI is InChI=1S/C14H18F5N/c1-7(2)5-4-6-8(20-3)9-10(15)12(17)14(19)13(18)11(9)16/h7-8,20H,4-6H2,1-3H3. The highest BCUT2D eigenvalue weighted by Gasteiger charge is 2.29. The molecule has 0 bridgehead atoms. The molecule has 1 rings (SSSR count). The molecule has 0 aromatic heterocycles. The Kier molecular flexibility index (Phi) is 5.92. The summed E-state index contributed by atoms with van der Waals surface area (Å²) in [6.45, 7) is 3.99. The lowest BCUT2D eigenvalue weighted by Crippen LogP contribution is -2.21. The van der Waals surface area contributed by atoms with Gasteiger partial charge in [-0.05, 0) is 19.4 Å². The summed E-state index contributed by atoms with van der Waals surface area (Å²) in [5, 5.41) is 2.61. The topological polar surface area (TPSA) is 12.0 Å². The highest BCUT2D eigenvalue weighted by molar-refractivity contribution is 5.27. The Hall–Kier alpha value is -1.17. The third kappa shape index (κ3) is 3.48. The van der Waals surface area contributed by atoms with Crippen LogP contribution >= 0.6 is 0 Å². The quantitative estimate of drug-likeness (QED) is 0.464. The van der Waals surface area contributed by atoms with E-state index in [1.54, 1.807) is 0 Å². The normalized spacial score (nSPS) is 13.1. The number of benzene rings is 1. The van der Waals surface area contributed by atoms with Crippen molar-refractivity contribution in [2.45, 2.75) is 39.2 Å². The first-order valence-corrected chi connectivity index (χ1v) is 6.49. The fourth-order valence-electron chi connectivity index (χ4n) is 2.09. The molecule has 0 saturated carbocycles. The number of halogens is 5. The van der Waals surface area contributed by atoms with E-state index in [-0.39, 0.29) is 0 Å². The van der Waals surface area contributed by atoms with Crippen LogP contribution in [0.15, 0.2) is 0 Å². The van der Waals surface area contributed by atoms with Gasteiger partial charge in [0, 0.05) is 11.6 Å². The summed E-state index contributed by atoms with van der Waals surface area (Å²) in [5.41, 5.74) is -0.785. The Bertz CT molecular complexity index is 444. The molecule has 0 aliphatic carbocycles. The molecule has 0 spiro atoms. The molecule has 20 heavy (non-hydrogen) atoms. The van der Waals surface area contributed by atoms with Crippen molar-refractivity contribution >= 4 is 0 Å². The summed E-state index contributed by atoms with van der Waals surface area (Å²) >= 11 is 0. The minimum Gasteiger partial charge on any atom is -0.313 e. The Morgan fingerprint density at radius 1 is 0.800 bits per heavy atom. The molecule has 1 aromatic rings. The second-order valence-corrected chi connectivity index (χ2v) is 5.15. The van der Waals surface area contributed by atoms with Crippen molar-refractivity contribution in [2.24, 2.45) is 5.92 Å². The molecule has 0 heterocycles. The molecule has 1 nitrogen and oxygen atoms in total. The Balaban J connectivity index is 3.09. The first-order chi connectivity index (χ1) is 9.31. The summed E-state index contributed by atoms with van der Waals surface area (Å²) in [6, 6.07) is -0.904. The Labute approximate surface area is 115 Å².